The minimum Gasteiger partial charge on any atom is -0.497 e. The first-order chi connectivity index (χ1) is 21.1. The molecule has 1 N–H and O–H groups in total. The van der Waals surface area contributed by atoms with Crippen molar-refractivity contribution in [3.63, 3.8) is 0 Å². The molecule has 0 bridgehead atoms. The highest BCUT2D eigenvalue weighted by atomic mass is 35.5. The van der Waals surface area contributed by atoms with Crippen LogP contribution in [0.1, 0.15) is 50.8 Å². The number of benzene rings is 3. The lowest BCUT2D eigenvalue weighted by Gasteiger charge is -2.27. The molecule has 3 aromatic rings. The third-order valence-electron chi connectivity index (χ3n) is 6.61. The summed E-state index contributed by atoms with van der Waals surface area (Å²) in [6.45, 7) is 5.68. The minimum absolute atomic E-state index is 0.110. The molecule has 242 valence electrons. The zero-order chi connectivity index (χ0) is 32.9. The van der Waals surface area contributed by atoms with E-state index < -0.39 is 35.5 Å². The maximum absolute atomic E-state index is 14.4. The number of hydrogen-bond acceptors (Lipinski definition) is 7. The summed E-state index contributed by atoms with van der Waals surface area (Å²) in [5, 5.41) is 3.62. The highest BCUT2D eigenvalue weighted by Crippen LogP contribution is 2.38. The molecular weight excluding hydrogens is 620 g/mol. The summed E-state index contributed by atoms with van der Waals surface area (Å²) in [7, 11) is 1.47. The Morgan fingerprint density at radius 3 is 2.36 bits per heavy atom. The minimum atomic E-state index is -5.11. The molecule has 1 unspecified atom stereocenters. The zero-order valence-electron chi connectivity index (χ0n) is 25.1. The van der Waals surface area contributed by atoms with E-state index in [0.717, 1.165) is 12.1 Å². The van der Waals surface area contributed by atoms with Crippen molar-refractivity contribution in [2.24, 2.45) is 0 Å². The van der Waals surface area contributed by atoms with Crippen molar-refractivity contribution < 1.29 is 46.1 Å². The summed E-state index contributed by atoms with van der Waals surface area (Å²) in [4.78, 5) is 27.4. The highest BCUT2D eigenvalue weighted by Gasteiger charge is 2.36. The Labute approximate surface area is 263 Å². The van der Waals surface area contributed by atoms with Crippen LogP contribution in [0.3, 0.4) is 0 Å². The first-order valence-corrected chi connectivity index (χ1v) is 14.4. The van der Waals surface area contributed by atoms with E-state index in [-0.39, 0.29) is 37.6 Å². The van der Waals surface area contributed by atoms with E-state index in [1.54, 1.807) is 63.2 Å². The van der Waals surface area contributed by atoms with Gasteiger partial charge in [0.1, 0.15) is 23.1 Å². The number of carbonyl (C=O) groups is 2. The lowest BCUT2D eigenvalue weighted by atomic mass is 10.0. The first kappa shape index (κ1) is 33.7. The van der Waals surface area contributed by atoms with Gasteiger partial charge in [0, 0.05) is 47.9 Å². The van der Waals surface area contributed by atoms with E-state index in [1.807, 2.05) is 0 Å². The number of nitrogens with zero attached hydrogens (tertiary/aromatic N) is 1. The standard InChI is InChI=1S/C32H33ClF4N2O6/c1-31(2,3)45-28(40)6-5-13-43-24-16-22(15-23(17-24)42-4)38-29(19-7-9-21(33)10-8-19)30(41)39-12-11-20-14-25(34)27(18-26(20)39)44-32(35,36)37/h7-10,14-18,29,38H,5-6,11-13H2,1-4H3. The summed E-state index contributed by atoms with van der Waals surface area (Å²) in [5.41, 5.74) is 0.837. The van der Waals surface area contributed by atoms with Crippen molar-refractivity contribution in [3.8, 4) is 17.2 Å². The Bertz CT molecular complexity index is 1530. The number of esters is 1. The third kappa shape index (κ3) is 9.40. The van der Waals surface area contributed by atoms with E-state index in [0.29, 0.717) is 39.8 Å². The molecule has 1 aliphatic rings. The molecule has 8 nitrogen and oxygen atoms in total. The van der Waals surface area contributed by atoms with Crippen molar-refractivity contribution in [2.75, 3.05) is 30.5 Å². The average Bonchev–Trinajstić information content (AvgIpc) is 3.35. The molecule has 13 heteroatoms. The van der Waals surface area contributed by atoms with Gasteiger partial charge in [-0.05, 0) is 62.9 Å². The largest absolute Gasteiger partial charge is 0.573 e. The Balaban J connectivity index is 1.58. The molecule has 0 saturated heterocycles. The molecule has 0 fully saturated rings. The van der Waals surface area contributed by atoms with Gasteiger partial charge in [0.15, 0.2) is 11.6 Å². The molecule has 45 heavy (non-hydrogen) atoms. The van der Waals surface area contributed by atoms with Gasteiger partial charge >= 0.3 is 12.3 Å². The third-order valence-corrected chi connectivity index (χ3v) is 6.86. The fraction of sp³-hybridized carbons (Fsp3) is 0.375. The maximum Gasteiger partial charge on any atom is 0.573 e. The fourth-order valence-electron chi connectivity index (χ4n) is 4.74. The predicted octanol–water partition coefficient (Wildman–Crippen LogP) is 7.63. The molecule has 0 spiro atoms. The van der Waals surface area contributed by atoms with Crippen LogP contribution in [0.2, 0.25) is 5.02 Å². The van der Waals surface area contributed by atoms with Gasteiger partial charge < -0.3 is 29.2 Å². The van der Waals surface area contributed by atoms with Crippen LogP contribution in [0.25, 0.3) is 0 Å². The second kappa shape index (κ2) is 13.8. The number of methoxy groups -OCH3 is 1. The van der Waals surface area contributed by atoms with Gasteiger partial charge in [-0.1, -0.05) is 23.7 Å². The van der Waals surface area contributed by atoms with E-state index >= 15 is 0 Å². The maximum atomic E-state index is 14.4. The van der Waals surface area contributed by atoms with Gasteiger partial charge in [-0.15, -0.1) is 13.2 Å². The number of alkyl halides is 3. The smallest absolute Gasteiger partial charge is 0.497 e. The molecule has 3 aromatic carbocycles. The number of anilines is 2. The normalized spacial score (nSPS) is 13.6. The number of fused-ring (bicyclic) bond motifs is 1. The molecular formula is C32H33ClF4N2O6. The summed E-state index contributed by atoms with van der Waals surface area (Å²) in [5.74, 6) is -2.24. The zero-order valence-corrected chi connectivity index (χ0v) is 25.9. The molecule has 1 aliphatic heterocycles. The van der Waals surface area contributed by atoms with Gasteiger partial charge in [0.05, 0.1) is 19.4 Å². The van der Waals surface area contributed by atoms with Crippen LogP contribution in [0, 0.1) is 5.82 Å². The van der Waals surface area contributed by atoms with E-state index in [2.05, 4.69) is 10.1 Å². The Morgan fingerprint density at radius 2 is 1.71 bits per heavy atom. The van der Waals surface area contributed by atoms with Crippen LogP contribution >= 0.6 is 11.6 Å². The quantitative estimate of drug-likeness (QED) is 0.130. The van der Waals surface area contributed by atoms with Gasteiger partial charge in [-0.3, -0.25) is 9.59 Å². The Morgan fingerprint density at radius 1 is 1.02 bits per heavy atom. The van der Waals surface area contributed by atoms with Crippen LogP contribution in [-0.4, -0.2) is 44.1 Å². The second-order valence-electron chi connectivity index (χ2n) is 11.3. The van der Waals surface area contributed by atoms with Crippen LogP contribution in [0.4, 0.5) is 28.9 Å². The monoisotopic (exact) mass is 652 g/mol. The Hall–Kier alpha value is -4.19. The van der Waals surface area contributed by atoms with Crippen molar-refractivity contribution in [3.05, 3.63) is 76.6 Å². The van der Waals surface area contributed by atoms with E-state index in [9.17, 15) is 27.2 Å². The summed E-state index contributed by atoms with van der Waals surface area (Å²) < 4.78 is 73.6. The molecule has 0 aromatic heterocycles. The average molecular weight is 653 g/mol. The molecule has 1 atom stereocenters. The lowest BCUT2D eigenvalue weighted by molar-refractivity contribution is -0.275. The molecule has 0 saturated carbocycles. The SMILES string of the molecule is COc1cc(NC(C(=O)N2CCc3cc(F)c(OC(F)(F)F)cc32)c2ccc(Cl)cc2)cc(OCCCC(=O)OC(C)(C)C)c1. The number of ether oxygens (including phenoxy) is 4. The highest BCUT2D eigenvalue weighted by molar-refractivity contribution is 6.30. The molecule has 1 heterocycles. The second-order valence-corrected chi connectivity index (χ2v) is 11.7. The number of halogens is 5. The molecule has 0 aliphatic carbocycles. The summed E-state index contributed by atoms with van der Waals surface area (Å²) >= 11 is 6.09. The predicted molar refractivity (Wildman–Crippen MR) is 161 cm³/mol. The van der Waals surface area contributed by atoms with Crippen LogP contribution in [-0.2, 0) is 20.7 Å². The lowest BCUT2D eigenvalue weighted by Crippen LogP contribution is -2.37. The van der Waals surface area contributed by atoms with Crippen molar-refractivity contribution in [1.82, 2.24) is 0 Å². The number of nitrogens with one attached hydrogen (secondary N) is 1. The van der Waals surface area contributed by atoms with Crippen molar-refractivity contribution in [2.45, 2.75) is 58.0 Å². The molecule has 4 rings (SSSR count). The number of carbonyl (C=O) groups excluding carboxylic acids is 2. The Kier molecular flexibility index (Phi) is 10.4. The van der Waals surface area contributed by atoms with Crippen molar-refractivity contribution in [1.29, 1.82) is 0 Å². The van der Waals surface area contributed by atoms with Crippen LogP contribution < -0.4 is 24.4 Å². The van der Waals surface area contributed by atoms with Crippen LogP contribution in [0.15, 0.2) is 54.6 Å². The molecule has 1 amide bonds. The van der Waals surface area contributed by atoms with E-state index in [4.69, 9.17) is 25.8 Å². The first-order valence-electron chi connectivity index (χ1n) is 14.1. The van der Waals surface area contributed by atoms with E-state index in [1.165, 1.54) is 12.0 Å². The van der Waals surface area contributed by atoms with Gasteiger partial charge in [-0.25, -0.2) is 4.39 Å². The fourth-order valence-corrected chi connectivity index (χ4v) is 4.87. The number of rotatable bonds is 11. The van der Waals surface area contributed by atoms with Gasteiger partial charge in [0.25, 0.3) is 5.91 Å². The van der Waals surface area contributed by atoms with Crippen molar-refractivity contribution >= 4 is 34.9 Å². The number of hydrogen-bond donors (Lipinski definition) is 1. The summed E-state index contributed by atoms with van der Waals surface area (Å²) in [6.07, 6.45) is -4.32. The van der Waals surface area contributed by atoms with Gasteiger partial charge in [0.2, 0.25) is 0 Å². The number of amides is 1. The summed E-state index contributed by atoms with van der Waals surface area (Å²) in [6, 6.07) is 12.2. The van der Waals surface area contributed by atoms with Gasteiger partial charge in [-0.2, -0.15) is 0 Å². The van der Waals surface area contributed by atoms with Crippen LogP contribution in [0.5, 0.6) is 17.2 Å². The molecule has 0 radical (unpaired) electrons. The topological polar surface area (TPSA) is 86.3 Å².